The highest BCUT2D eigenvalue weighted by atomic mass is 32.3. The Hall–Kier alpha value is -2.06. The molecule has 202 valence electrons. The van der Waals surface area contributed by atoms with E-state index in [0.29, 0.717) is 39.2 Å². The Balaban J connectivity index is 1.18. The fourth-order valence-electron chi connectivity index (χ4n) is 5.32. The number of nitrogens with two attached hydrogens (primary N) is 1. The Labute approximate surface area is 217 Å². The summed E-state index contributed by atoms with van der Waals surface area (Å²) in [5, 5.41) is 0. The Bertz CT molecular complexity index is 1370. The summed E-state index contributed by atoms with van der Waals surface area (Å²) in [6.07, 6.45) is 1.30. The van der Waals surface area contributed by atoms with E-state index in [4.69, 9.17) is 10.5 Å². The van der Waals surface area contributed by atoms with E-state index in [0.717, 1.165) is 34.9 Å². The molecule has 2 aromatic carbocycles. The molecular weight excluding hydrogens is 522 g/mol. The van der Waals surface area contributed by atoms with Crippen molar-refractivity contribution in [3.63, 3.8) is 0 Å². The van der Waals surface area contributed by atoms with Gasteiger partial charge in [-0.05, 0) is 54.8 Å². The summed E-state index contributed by atoms with van der Waals surface area (Å²) >= 11 is 0. The number of nitrogens with zero attached hydrogens (tertiary/aromatic N) is 2. The van der Waals surface area contributed by atoms with Gasteiger partial charge in [0.25, 0.3) is 10.0 Å². The molecule has 3 N–H and O–H groups in total. The topological polar surface area (TPSA) is 105 Å². The van der Waals surface area contributed by atoms with Gasteiger partial charge in [-0.1, -0.05) is 17.7 Å². The summed E-state index contributed by atoms with van der Waals surface area (Å²) in [5.41, 5.74) is 9.63. The fourth-order valence-corrected chi connectivity index (χ4v) is 9.36. The van der Waals surface area contributed by atoms with Gasteiger partial charge in [-0.3, -0.25) is 9.11 Å². The fraction of sp³-hybridized carbons (Fsp3) is 0.440. The van der Waals surface area contributed by atoms with Crippen LogP contribution in [0.15, 0.2) is 58.5 Å². The van der Waals surface area contributed by atoms with Crippen LogP contribution in [0.2, 0.25) is 0 Å². The molecule has 3 heterocycles. The Morgan fingerprint density at radius 2 is 1.70 bits per heavy atom. The van der Waals surface area contributed by atoms with Crippen LogP contribution in [-0.2, 0) is 25.1 Å². The number of nitrogens with one attached hydrogen (secondary N) is 1. The predicted octanol–water partition coefficient (Wildman–Crippen LogP) is 1.81. The third kappa shape index (κ3) is 5.42. The molecule has 3 aliphatic rings. The SMILES string of the molecule is Cc1ccc(S(=O)(=O)N[SH](C)(=O)N2CC3=C(CN([C@H]4CO[C@H](c5cc(F)ccc5F)[C@@H](N)C4)C3)C2)cc1. The summed E-state index contributed by atoms with van der Waals surface area (Å²) in [6, 6.07) is 9.21. The van der Waals surface area contributed by atoms with Crippen molar-refractivity contribution in [2.75, 3.05) is 39.0 Å². The van der Waals surface area contributed by atoms with Gasteiger partial charge in [-0.2, -0.15) is 0 Å². The minimum Gasteiger partial charge on any atom is -0.370 e. The normalized spacial score (nSPS) is 26.0. The molecule has 1 saturated heterocycles. The number of aryl methyl sites for hydroxylation is 1. The van der Waals surface area contributed by atoms with E-state index in [-0.39, 0.29) is 16.5 Å². The second-order valence-electron chi connectivity index (χ2n) is 10.2. The van der Waals surface area contributed by atoms with Crippen LogP contribution in [0.1, 0.15) is 23.7 Å². The van der Waals surface area contributed by atoms with Crippen LogP contribution >= 0.6 is 0 Å². The molecule has 2 aromatic rings. The molecule has 12 heteroatoms. The zero-order chi connectivity index (χ0) is 26.5. The first-order chi connectivity index (χ1) is 17.4. The first-order valence-corrected chi connectivity index (χ1v) is 15.7. The van der Waals surface area contributed by atoms with Crippen molar-refractivity contribution in [3.8, 4) is 0 Å². The standard InChI is InChI=1S/C25H32F2N4O4S2/c1-16-3-6-21(7-4-16)37(33,34)29-36(2,32)31-13-17-11-30(12-18(17)14-31)20-10-24(28)25(35-15-20)22-9-19(26)5-8-23(22)27/h3-9,20,24-25,36H,10-15,28H2,1-2H3,(H,29,32)/t20-,24+,25-/m1/s1. The maximum Gasteiger partial charge on any atom is 0.251 e. The van der Waals surface area contributed by atoms with E-state index >= 15 is 0 Å². The third-order valence-corrected chi connectivity index (χ3v) is 11.9. The van der Waals surface area contributed by atoms with Gasteiger partial charge in [0, 0.05) is 60.4 Å². The van der Waals surface area contributed by atoms with Crippen molar-refractivity contribution >= 4 is 20.3 Å². The largest absolute Gasteiger partial charge is 0.370 e. The van der Waals surface area contributed by atoms with Crippen molar-refractivity contribution in [3.05, 3.63) is 76.4 Å². The second-order valence-corrected chi connectivity index (χ2v) is 14.7. The average molecular weight is 555 g/mol. The highest BCUT2D eigenvalue weighted by molar-refractivity contribution is 8.09. The van der Waals surface area contributed by atoms with Gasteiger partial charge in [0.1, 0.15) is 17.7 Å². The molecule has 37 heavy (non-hydrogen) atoms. The minimum atomic E-state index is -3.93. The van der Waals surface area contributed by atoms with Gasteiger partial charge in [-0.15, -0.1) is 4.13 Å². The highest BCUT2D eigenvalue weighted by Crippen LogP contribution is 2.35. The van der Waals surface area contributed by atoms with Crippen molar-refractivity contribution < 1.29 is 26.1 Å². The van der Waals surface area contributed by atoms with Crippen LogP contribution in [0.5, 0.6) is 0 Å². The zero-order valence-corrected chi connectivity index (χ0v) is 22.4. The smallest absolute Gasteiger partial charge is 0.251 e. The van der Waals surface area contributed by atoms with Crippen molar-refractivity contribution in [1.82, 2.24) is 13.3 Å². The molecule has 0 bridgehead atoms. The Morgan fingerprint density at radius 3 is 2.32 bits per heavy atom. The van der Waals surface area contributed by atoms with E-state index in [9.17, 15) is 21.4 Å². The third-order valence-electron chi connectivity index (χ3n) is 7.38. The average Bonchev–Trinajstić information content (AvgIpc) is 3.41. The first-order valence-electron chi connectivity index (χ1n) is 12.1. The van der Waals surface area contributed by atoms with Gasteiger partial charge < -0.3 is 10.5 Å². The molecular formula is C25H32F2N4O4S2. The zero-order valence-electron chi connectivity index (χ0n) is 20.7. The maximum atomic E-state index is 14.2. The molecule has 0 amide bonds. The van der Waals surface area contributed by atoms with Gasteiger partial charge >= 0.3 is 0 Å². The highest BCUT2D eigenvalue weighted by Gasteiger charge is 2.40. The molecule has 0 radical (unpaired) electrons. The van der Waals surface area contributed by atoms with Crippen LogP contribution in [0.4, 0.5) is 8.78 Å². The van der Waals surface area contributed by atoms with Crippen LogP contribution in [0.3, 0.4) is 0 Å². The van der Waals surface area contributed by atoms with Crippen LogP contribution < -0.4 is 9.86 Å². The quantitative estimate of drug-likeness (QED) is 0.372. The lowest BCUT2D eigenvalue weighted by Crippen LogP contribution is -2.51. The lowest BCUT2D eigenvalue weighted by atomic mass is 9.93. The number of benzene rings is 2. The van der Waals surface area contributed by atoms with Gasteiger partial charge in [0.15, 0.2) is 0 Å². The Morgan fingerprint density at radius 1 is 1.05 bits per heavy atom. The lowest BCUT2D eigenvalue weighted by Gasteiger charge is -2.40. The summed E-state index contributed by atoms with van der Waals surface area (Å²) in [4.78, 5) is 2.31. The number of hydrogen-bond acceptors (Lipinski definition) is 6. The van der Waals surface area contributed by atoms with E-state index in [1.54, 1.807) is 16.4 Å². The van der Waals surface area contributed by atoms with Crippen molar-refractivity contribution in [2.45, 2.75) is 36.4 Å². The first kappa shape index (κ1) is 26.5. The molecule has 0 aromatic heterocycles. The number of sulfonamides is 1. The molecule has 0 saturated carbocycles. The van der Waals surface area contributed by atoms with Gasteiger partial charge in [0.2, 0.25) is 0 Å². The molecule has 8 nitrogen and oxygen atoms in total. The van der Waals surface area contributed by atoms with Crippen LogP contribution in [-0.4, -0.2) is 73.0 Å². The van der Waals surface area contributed by atoms with Gasteiger partial charge in [-0.25, -0.2) is 21.5 Å². The van der Waals surface area contributed by atoms with E-state index < -0.39 is 44.1 Å². The number of ether oxygens (including phenoxy) is 1. The number of hydrogen-bond donors (Lipinski definition) is 3. The monoisotopic (exact) mass is 554 g/mol. The van der Waals surface area contributed by atoms with E-state index in [2.05, 4.69) is 9.03 Å². The van der Waals surface area contributed by atoms with E-state index in [1.807, 2.05) is 6.92 Å². The summed E-state index contributed by atoms with van der Waals surface area (Å²) in [6.45, 7) is 4.29. The van der Waals surface area contributed by atoms with Crippen molar-refractivity contribution in [2.24, 2.45) is 5.73 Å². The summed E-state index contributed by atoms with van der Waals surface area (Å²) in [7, 11) is -7.31. The van der Waals surface area contributed by atoms with Gasteiger partial charge in [0.05, 0.1) is 11.5 Å². The molecule has 0 spiro atoms. The molecule has 0 aliphatic carbocycles. The predicted molar refractivity (Wildman–Crippen MR) is 139 cm³/mol. The number of rotatable bonds is 6. The van der Waals surface area contributed by atoms with Crippen LogP contribution in [0, 0.1) is 18.6 Å². The number of halogens is 2. The molecule has 1 fully saturated rings. The minimum absolute atomic E-state index is 0.00962. The maximum absolute atomic E-state index is 14.2. The molecule has 0 unspecified atom stereocenters. The van der Waals surface area contributed by atoms with Crippen LogP contribution in [0.25, 0.3) is 0 Å². The molecule has 3 atom stereocenters. The summed E-state index contributed by atoms with van der Waals surface area (Å²) in [5.74, 6) is -1.07. The van der Waals surface area contributed by atoms with Crippen molar-refractivity contribution in [1.29, 1.82) is 0 Å². The summed E-state index contributed by atoms with van der Waals surface area (Å²) < 4.78 is 77.0. The lowest BCUT2D eigenvalue weighted by molar-refractivity contribution is -0.0467. The Kier molecular flexibility index (Phi) is 7.11. The number of thiol groups is 1. The molecule has 5 rings (SSSR count). The van der Waals surface area contributed by atoms with E-state index in [1.165, 1.54) is 18.4 Å². The second kappa shape index (κ2) is 9.92. The molecule has 3 aliphatic heterocycles.